The van der Waals surface area contributed by atoms with E-state index in [1.165, 1.54) is 6.33 Å². The Morgan fingerprint density at radius 1 is 1.47 bits per heavy atom. The van der Waals surface area contributed by atoms with E-state index < -0.39 is 0 Å². The first kappa shape index (κ1) is 10.6. The number of fused-ring (bicyclic) bond motifs is 1. The highest BCUT2D eigenvalue weighted by Crippen LogP contribution is 2.19. The first-order valence-corrected chi connectivity index (χ1v) is 5.94. The summed E-state index contributed by atoms with van der Waals surface area (Å²) in [5.41, 5.74) is 7.28. The van der Waals surface area contributed by atoms with E-state index in [2.05, 4.69) is 49.0 Å². The van der Waals surface area contributed by atoms with E-state index >= 15 is 0 Å². The van der Waals surface area contributed by atoms with Gasteiger partial charge in [0.15, 0.2) is 20.8 Å². The van der Waals surface area contributed by atoms with Crippen molar-refractivity contribution in [2.75, 3.05) is 5.73 Å². The van der Waals surface area contributed by atoms with Crippen LogP contribution in [0, 0.1) is 3.83 Å². The number of aromatic nitrogens is 4. The highest BCUT2D eigenvalue weighted by molar-refractivity contribution is 14.1. The van der Waals surface area contributed by atoms with Crippen molar-refractivity contribution in [3.8, 4) is 0 Å². The standard InChI is InChI=1S/C9H12IN5/c1-2-3-4-15-8-6(14-9(15)10)7(11)12-5-13-8/h5H,2-4H2,1H3,(H2,11,12,13). The van der Waals surface area contributed by atoms with Crippen LogP contribution < -0.4 is 5.73 Å². The first-order chi connectivity index (χ1) is 7.24. The van der Waals surface area contributed by atoms with Crippen LogP contribution in [-0.4, -0.2) is 19.5 Å². The molecule has 2 heterocycles. The van der Waals surface area contributed by atoms with E-state index in [-0.39, 0.29) is 0 Å². The van der Waals surface area contributed by atoms with Crippen molar-refractivity contribution in [3.05, 3.63) is 10.2 Å². The third-order valence-corrected chi connectivity index (χ3v) is 3.07. The normalized spacial score (nSPS) is 11.1. The first-order valence-electron chi connectivity index (χ1n) is 4.86. The average Bonchev–Trinajstić information content (AvgIpc) is 2.54. The van der Waals surface area contributed by atoms with Gasteiger partial charge in [-0.3, -0.25) is 0 Å². The van der Waals surface area contributed by atoms with E-state index in [0.29, 0.717) is 11.3 Å². The minimum absolute atomic E-state index is 0.452. The highest BCUT2D eigenvalue weighted by Gasteiger charge is 2.11. The SMILES string of the molecule is CCCCn1c(I)nc2c(N)ncnc21. The molecule has 15 heavy (non-hydrogen) atoms. The smallest absolute Gasteiger partial charge is 0.173 e. The number of aryl methyl sites for hydroxylation is 1. The summed E-state index contributed by atoms with van der Waals surface area (Å²) < 4.78 is 3.00. The maximum absolute atomic E-state index is 5.74. The number of nitrogens with two attached hydrogens (primary N) is 1. The van der Waals surface area contributed by atoms with Crippen LogP contribution in [0.25, 0.3) is 11.2 Å². The highest BCUT2D eigenvalue weighted by atomic mass is 127. The summed E-state index contributed by atoms with van der Waals surface area (Å²) in [5.74, 6) is 0.452. The van der Waals surface area contributed by atoms with Gasteiger partial charge in [0.1, 0.15) is 6.33 Å². The van der Waals surface area contributed by atoms with E-state index in [1.807, 2.05) is 0 Å². The largest absolute Gasteiger partial charge is 0.382 e. The van der Waals surface area contributed by atoms with Crippen LogP contribution in [0.15, 0.2) is 6.33 Å². The topological polar surface area (TPSA) is 69.6 Å². The predicted octanol–water partition coefficient (Wildman–Crippen LogP) is 1.81. The summed E-state index contributed by atoms with van der Waals surface area (Å²) in [6, 6.07) is 0. The number of hydrogen-bond acceptors (Lipinski definition) is 4. The molecule has 0 aromatic carbocycles. The van der Waals surface area contributed by atoms with Crippen LogP contribution in [0.3, 0.4) is 0 Å². The molecule has 2 aromatic heterocycles. The van der Waals surface area contributed by atoms with Crippen molar-refractivity contribution in [3.63, 3.8) is 0 Å². The molecule has 5 nitrogen and oxygen atoms in total. The van der Waals surface area contributed by atoms with Gasteiger partial charge in [-0.25, -0.2) is 15.0 Å². The van der Waals surface area contributed by atoms with Crippen molar-refractivity contribution in [2.24, 2.45) is 0 Å². The molecule has 0 aliphatic heterocycles. The molecule has 6 heteroatoms. The molecule has 0 amide bonds. The van der Waals surface area contributed by atoms with Crippen LogP contribution in [0.1, 0.15) is 19.8 Å². The predicted molar refractivity (Wildman–Crippen MR) is 67.4 cm³/mol. The number of nitrogens with zero attached hydrogens (tertiary/aromatic N) is 4. The lowest BCUT2D eigenvalue weighted by Gasteiger charge is -2.03. The van der Waals surface area contributed by atoms with Crippen molar-refractivity contribution in [2.45, 2.75) is 26.3 Å². The number of nitrogen functional groups attached to an aromatic ring is 1. The summed E-state index contributed by atoms with van der Waals surface area (Å²) >= 11 is 2.20. The van der Waals surface area contributed by atoms with Gasteiger partial charge in [-0.05, 0) is 6.42 Å². The molecule has 0 unspecified atom stereocenters. The summed E-state index contributed by atoms with van der Waals surface area (Å²) in [7, 11) is 0. The maximum Gasteiger partial charge on any atom is 0.173 e. The van der Waals surface area contributed by atoms with Crippen LogP contribution in [0.4, 0.5) is 5.82 Å². The monoisotopic (exact) mass is 317 g/mol. The number of imidazole rings is 1. The number of halogens is 1. The Bertz CT molecular complexity index is 479. The molecule has 0 fully saturated rings. The van der Waals surface area contributed by atoms with Gasteiger partial charge in [0.25, 0.3) is 0 Å². The van der Waals surface area contributed by atoms with Crippen LogP contribution in [0.5, 0.6) is 0 Å². The van der Waals surface area contributed by atoms with Gasteiger partial charge in [-0.1, -0.05) is 13.3 Å². The van der Waals surface area contributed by atoms with E-state index in [1.54, 1.807) is 0 Å². The Kier molecular flexibility index (Phi) is 3.03. The quantitative estimate of drug-likeness (QED) is 0.692. The van der Waals surface area contributed by atoms with Gasteiger partial charge in [0.2, 0.25) is 0 Å². The molecule has 2 aromatic rings. The zero-order chi connectivity index (χ0) is 10.8. The molecule has 80 valence electrons. The van der Waals surface area contributed by atoms with Gasteiger partial charge in [0, 0.05) is 29.1 Å². The van der Waals surface area contributed by atoms with Crippen molar-refractivity contribution >= 4 is 39.6 Å². The zero-order valence-electron chi connectivity index (χ0n) is 8.44. The molecule has 2 N–H and O–H groups in total. The lowest BCUT2D eigenvalue weighted by atomic mass is 10.3. The van der Waals surface area contributed by atoms with Gasteiger partial charge in [-0.2, -0.15) is 0 Å². The van der Waals surface area contributed by atoms with E-state index in [9.17, 15) is 0 Å². The van der Waals surface area contributed by atoms with Crippen molar-refractivity contribution < 1.29 is 0 Å². The second-order valence-electron chi connectivity index (χ2n) is 3.32. The molecule has 0 bridgehead atoms. The van der Waals surface area contributed by atoms with Crippen LogP contribution >= 0.6 is 22.6 Å². The van der Waals surface area contributed by atoms with Crippen molar-refractivity contribution in [1.29, 1.82) is 0 Å². The summed E-state index contributed by atoms with van der Waals surface area (Å²) in [5, 5.41) is 0. The van der Waals surface area contributed by atoms with Crippen LogP contribution in [0.2, 0.25) is 0 Å². The maximum atomic E-state index is 5.74. The molecule has 0 aliphatic carbocycles. The van der Waals surface area contributed by atoms with E-state index in [4.69, 9.17) is 5.73 Å². The zero-order valence-corrected chi connectivity index (χ0v) is 10.6. The number of unbranched alkanes of at least 4 members (excludes halogenated alkanes) is 1. The Morgan fingerprint density at radius 3 is 3.00 bits per heavy atom. The molecular formula is C9H12IN5. The lowest BCUT2D eigenvalue weighted by molar-refractivity contribution is 0.629. The van der Waals surface area contributed by atoms with Crippen molar-refractivity contribution in [1.82, 2.24) is 19.5 Å². The minimum atomic E-state index is 0.452. The number of hydrogen-bond donors (Lipinski definition) is 1. The van der Waals surface area contributed by atoms with E-state index in [0.717, 1.165) is 28.9 Å². The van der Waals surface area contributed by atoms with Gasteiger partial charge in [0.05, 0.1) is 0 Å². The third-order valence-electron chi connectivity index (χ3n) is 2.25. The fourth-order valence-electron chi connectivity index (χ4n) is 1.44. The molecule has 0 radical (unpaired) electrons. The molecular weight excluding hydrogens is 305 g/mol. The van der Waals surface area contributed by atoms with Gasteiger partial charge in [-0.15, -0.1) is 0 Å². The third kappa shape index (κ3) is 1.90. The second-order valence-corrected chi connectivity index (χ2v) is 4.28. The number of rotatable bonds is 3. The molecule has 0 aliphatic rings. The Hall–Kier alpha value is -0.920. The summed E-state index contributed by atoms with van der Waals surface area (Å²) in [6.45, 7) is 3.09. The summed E-state index contributed by atoms with van der Waals surface area (Å²) in [4.78, 5) is 12.5. The average molecular weight is 317 g/mol. The van der Waals surface area contributed by atoms with Gasteiger partial charge >= 0.3 is 0 Å². The second kappa shape index (κ2) is 4.30. The molecule has 2 rings (SSSR count). The van der Waals surface area contributed by atoms with Crippen LogP contribution in [-0.2, 0) is 6.54 Å². The Labute approximate surface area is 101 Å². The Balaban J connectivity index is 2.53. The number of anilines is 1. The molecule has 0 saturated heterocycles. The molecule has 0 spiro atoms. The molecule has 0 atom stereocenters. The molecule has 0 saturated carbocycles. The Morgan fingerprint density at radius 2 is 2.27 bits per heavy atom. The lowest BCUT2D eigenvalue weighted by Crippen LogP contribution is -2.01. The fraction of sp³-hybridized carbons (Fsp3) is 0.444. The fourth-order valence-corrected chi connectivity index (χ4v) is 2.15. The summed E-state index contributed by atoms with van der Waals surface area (Å²) in [6.07, 6.45) is 3.75. The van der Waals surface area contributed by atoms with Gasteiger partial charge < -0.3 is 10.3 Å². The minimum Gasteiger partial charge on any atom is -0.382 e.